The third-order valence-electron chi connectivity index (χ3n) is 5.67. The van der Waals surface area contributed by atoms with Crippen LogP contribution in [0.1, 0.15) is 40.1 Å². The lowest BCUT2D eigenvalue weighted by Crippen LogP contribution is -2.30. The maximum Gasteiger partial charge on any atom is 0.262 e. The number of aliphatic hydroxyl groups is 1. The van der Waals surface area contributed by atoms with E-state index in [1.807, 2.05) is 0 Å². The Hall–Kier alpha value is -4.48. The molecule has 0 saturated carbocycles. The predicted molar refractivity (Wildman–Crippen MR) is 148 cm³/mol. The topological polar surface area (TPSA) is 169 Å². The van der Waals surface area contributed by atoms with E-state index in [1.54, 1.807) is 38.1 Å². The number of pyridine rings is 1. The first-order valence-corrected chi connectivity index (χ1v) is 12.4. The van der Waals surface area contributed by atoms with Crippen molar-refractivity contribution in [2.75, 3.05) is 23.7 Å². The van der Waals surface area contributed by atoms with Gasteiger partial charge in [-0.05, 0) is 56.2 Å². The zero-order chi connectivity index (χ0) is 28.2. The first kappa shape index (κ1) is 27.6. The maximum atomic E-state index is 13.0. The van der Waals surface area contributed by atoms with E-state index in [0.29, 0.717) is 17.4 Å². The molecular formula is C27H27ClN6O5. The summed E-state index contributed by atoms with van der Waals surface area (Å²) in [7, 11) is 0. The second-order valence-electron chi connectivity index (χ2n) is 9.46. The average molecular weight is 551 g/mol. The fraction of sp³-hybridized carbons (Fsp3) is 0.222. The van der Waals surface area contributed by atoms with Gasteiger partial charge in [-0.25, -0.2) is 4.98 Å². The number of phenolic OH excluding ortho intramolecular Hbond substituents is 1. The summed E-state index contributed by atoms with van der Waals surface area (Å²) in [5.41, 5.74) is -0.548. The number of carbonyl (C=O) groups is 2. The van der Waals surface area contributed by atoms with Gasteiger partial charge in [-0.15, -0.1) is 0 Å². The van der Waals surface area contributed by atoms with Crippen molar-refractivity contribution in [1.29, 1.82) is 0 Å². The van der Waals surface area contributed by atoms with Crippen molar-refractivity contribution < 1.29 is 19.8 Å². The van der Waals surface area contributed by atoms with Gasteiger partial charge in [0.15, 0.2) is 0 Å². The lowest BCUT2D eigenvalue weighted by molar-refractivity contribution is 0.0939. The third kappa shape index (κ3) is 7.09. The summed E-state index contributed by atoms with van der Waals surface area (Å²) in [5, 5.41) is 28.5. The summed E-state index contributed by atoms with van der Waals surface area (Å²) in [6, 6.07) is 12.6. The van der Waals surface area contributed by atoms with Crippen LogP contribution < -0.4 is 21.5 Å². The van der Waals surface area contributed by atoms with Crippen LogP contribution in [0.15, 0.2) is 59.5 Å². The minimum atomic E-state index is -0.987. The van der Waals surface area contributed by atoms with Crippen LogP contribution in [-0.2, 0) is 6.42 Å². The molecule has 0 unspecified atom stereocenters. The number of para-hydroxylation sites is 1. The van der Waals surface area contributed by atoms with E-state index >= 15 is 0 Å². The molecule has 2 aromatic carbocycles. The summed E-state index contributed by atoms with van der Waals surface area (Å²) in [5.74, 6) is -0.769. The largest absolute Gasteiger partial charge is 0.508 e. The smallest absolute Gasteiger partial charge is 0.262 e. The van der Waals surface area contributed by atoms with Gasteiger partial charge in [-0.3, -0.25) is 14.4 Å². The standard InChI is InChI=1S/C27H27ClN6O5/c1-27(2,39)14-31-26-30-13-17-11-18(25(38)33-22(17)34-26)24(37)32-20-12-16(7-8-19(20)28)23(36)29-10-9-15-5-3-4-6-21(15)35/h3-8,11-13,35,39H,9-10,14H2,1-2H3,(H,29,36)(H,32,37)(H2,30,31,33,34,38). The number of rotatable bonds is 9. The van der Waals surface area contributed by atoms with Gasteiger partial charge in [0, 0.05) is 30.2 Å². The molecule has 4 rings (SSSR count). The molecular weight excluding hydrogens is 524 g/mol. The number of aromatic amines is 1. The number of aromatic nitrogens is 3. The van der Waals surface area contributed by atoms with Crippen molar-refractivity contribution in [1.82, 2.24) is 20.3 Å². The Morgan fingerprint density at radius 3 is 2.62 bits per heavy atom. The molecule has 202 valence electrons. The number of nitrogens with zero attached hydrogens (tertiary/aromatic N) is 2. The molecule has 39 heavy (non-hydrogen) atoms. The Labute approximate surface area is 228 Å². The van der Waals surface area contributed by atoms with E-state index < -0.39 is 23.0 Å². The zero-order valence-corrected chi connectivity index (χ0v) is 22.0. The molecule has 0 saturated heterocycles. The number of nitrogens with one attached hydrogen (secondary N) is 4. The summed E-state index contributed by atoms with van der Waals surface area (Å²) in [6.45, 7) is 3.73. The number of fused-ring (bicyclic) bond motifs is 1. The SMILES string of the molecule is CC(C)(O)CNc1ncc2cc(C(=O)Nc3cc(C(=O)NCCc4ccccc4O)ccc3Cl)c(=O)[nH]c2n1. The minimum absolute atomic E-state index is 0.150. The number of phenols is 1. The summed E-state index contributed by atoms with van der Waals surface area (Å²) < 4.78 is 0. The van der Waals surface area contributed by atoms with Crippen molar-refractivity contribution in [2.45, 2.75) is 25.9 Å². The number of amides is 2. The Kier molecular flexibility index (Phi) is 8.12. The number of halogens is 1. The van der Waals surface area contributed by atoms with E-state index in [1.165, 1.54) is 30.5 Å². The Morgan fingerprint density at radius 1 is 1.10 bits per heavy atom. The van der Waals surface area contributed by atoms with Crippen LogP contribution in [0, 0.1) is 0 Å². The van der Waals surface area contributed by atoms with Crippen LogP contribution in [0.5, 0.6) is 5.75 Å². The first-order valence-electron chi connectivity index (χ1n) is 12.0. The van der Waals surface area contributed by atoms with Crippen LogP contribution in [-0.4, -0.2) is 55.7 Å². The molecule has 12 heteroatoms. The molecule has 2 heterocycles. The van der Waals surface area contributed by atoms with Crippen molar-refractivity contribution in [3.63, 3.8) is 0 Å². The number of H-pyrrole nitrogens is 1. The summed E-state index contributed by atoms with van der Waals surface area (Å²) in [6.07, 6.45) is 1.87. The molecule has 0 aliphatic rings. The summed E-state index contributed by atoms with van der Waals surface area (Å²) in [4.78, 5) is 49.2. The molecule has 0 bridgehead atoms. The molecule has 0 atom stereocenters. The van der Waals surface area contributed by atoms with Gasteiger partial charge < -0.3 is 31.1 Å². The van der Waals surface area contributed by atoms with E-state index in [2.05, 4.69) is 30.9 Å². The number of hydrogen-bond acceptors (Lipinski definition) is 8. The Balaban J connectivity index is 1.46. The number of aromatic hydroxyl groups is 1. The van der Waals surface area contributed by atoms with Gasteiger partial charge in [0.2, 0.25) is 5.95 Å². The number of anilines is 2. The van der Waals surface area contributed by atoms with Crippen molar-refractivity contribution in [2.24, 2.45) is 0 Å². The molecule has 11 nitrogen and oxygen atoms in total. The molecule has 0 fully saturated rings. The van der Waals surface area contributed by atoms with Crippen LogP contribution in [0.25, 0.3) is 11.0 Å². The van der Waals surface area contributed by atoms with Crippen molar-refractivity contribution >= 4 is 46.1 Å². The van der Waals surface area contributed by atoms with E-state index in [9.17, 15) is 24.6 Å². The zero-order valence-electron chi connectivity index (χ0n) is 21.2. The summed E-state index contributed by atoms with van der Waals surface area (Å²) >= 11 is 6.24. The molecule has 0 aliphatic carbocycles. The predicted octanol–water partition coefficient (Wildman–Crippen LogP) is 3.08. The van der Waals surface area contributed by atoms with E-state index in [4.69, 9.17) is 11.6 Å². The molecule has 6 N–H and O–H groups in total. The van der Waals surface area contributed by atoms with E-state index in [0.717, 1.165) is 0 Å². The molecule has 0 radical (unpaired) electrons. The second-order valence-corrected chi connectivity index (χ2v) is 9.87. The van der Waals surface area contributed by atoms with Crippen molar-refractivity contribution in [3.8, 4) is 5.75 Å². The minimum Gasteiger partial charge on any atom is -0.508 e. The molecule has 0 spiro atoms. The number of benzene rings is 2. The first-order chi connectivity index (χ1) is 18.5. The van der Waals surface area contributed by atoms with Gasteiger partial charge >= 0.3 is 0 Å². The Morgan fingerprint density at radius 2 is 1.87 bits per heavy atom. The lowest BCUT2D eigenvalue weighted by Gasteiger charge is -2.17. The number of hydrogen-bond donors (Lipinski definition) is 6. The fourth-order valence-corrected chi connectivity index (χ4v) is 3.79. The quantitative estimate of drug-likeness (QED) is 0.185. The molecule has 2 amide bonds. The van der Waals surface area contributed by atoms with E-state index in [-0.39, 0.29) is 52.3 Å². The monoisotopic (exact) mass is 550 g/mol. The highest BCUT2D eigenvalue weighted by Crippen LogP contribution is 2.24. The maximum absolute atomic E-state index is 13.0. The van der Waals surface area contributed by atoms with Gasteiger partial charge in [-0.1, -0.05) is 29.8 Å². The normalized spacial score (nSPS) is 11.3. The van der Waals surface area contributed by atoms with Crippen LogP contribution in [0.3, 0.4) is 0 Å². The van der Waals surface area contributed by atoms with Crippen LogP contribution in [0.2, 0.25) is 5.02 Å². The highest BCUT2D eigenvalue weighted by atomic mass is 35.5. The molecule has 2 aromatic heterocycles. The highest BCUT2D eigenvalue weighted by Gasteiger charge is 2.17. The average Bonchev–Trinajstić information content (AvgIpc) is 2.88. The third-order valence-corrected chi connectivity index (χ3v) is 6.00. The van der Waals surface area contributed by atoms with Gasteiger partial charge in [0.25, 0.3) is 17.4 Å². The van der Waals surface area contributed by atoms with Crippen LogP contribution in [0.4, 0.5) is 11.6 Å². The van der Waals surface area contributed by atoms with Gasteiger partial charge in [0.05, 0.1) is 16.3 Å². The Bertz CT molecular complexity index is 1600. The molecule has 0 aliphatic heterocycles. The lowest BCUT2D eigenvalue weighted by atomic mass is 10.1. The van der Waals surface area contributed by atoms with Crippen LogP contribution >= 0.6 is 11.6 Å². The number of carbonyl (C=O) groups excluding carboxylic acids is 2. The highest BCUT2D eigenvalue weighted by molar-refractivity contribution is 6.34. The van der Waals surface area contributed by atoms with Crippen molar-refractivity contribution in [3.05, 3.63) is 86.8 Å². The van der Waals surface area contributed by atoms with Gasteiger partial charge in [-0.2, -0.15) is 4.98 Å². The second kappa shape index (κ2) is 11.5. The fourth-order valence-electron chi connectivity index (χ4n) is 3.63. The molecule has 4 aromatic rings. The van der Waals surface area contributed by atoms with Gasteiger partial charge in [0.1, 0.15) is 17.0 Å².